The van der Waals surface area contributed by atoms with E-state index >= 15 is 0 Å². The van der Waals surface area contributed by atoms with Crippen LogP contribution in [0.4, 0.5) is 5.69 Å². The van der Waals surface area contributed by atoms with Gasteiger partial charge in [-0.3, -0.25) is 9.59 Å². The predicted molar refractivity (Wildman–Crippen MR) is 90.0 cm³/mol. The van der Waals surface area contributed by atoms with Gasteiger partial charge in [-0.2, -0.15) is 0 Å². The molecular weight excluding hydrogens is 420 g/mol. The van der Waals surface area contributed by atoms with E-state index < -0.39 is 11.5 Å². The maximum Gasteiger partial charge on any atom is 0.271 e. The third kappa shape index (κ3) is 3.50. The fraction of sp³-hybridized carbons (Fsp3) is 0.143. The van der Waals surface area contributed by atoms with Gasteiger partial charge in [-0.05, 0) is 50.1 Å². The van der Waals surface area contributed by atoms with Gasteiger partial charge in [0.15, 0.2) is 0 Å². The Bertz CT molecular complexity index is 749. The molecule has 1 aromatic carbocycles. The molecule has 8 heteroatoms. The number of pyridine rings is 1. The van der Waals surface area contributed by atoms with Crippen LogP contribution in [-0.2, 0) is 0 Å². The van der Waals surface area contributed by atoms with Crippen LogP contribution < -0.4 is 20.3 Å². The molecule has 0 unspecified atom stereocenters. The average molecular weight is 432 g/mol. The Morgan fingerprint density at radius 1 is 1.14 bits per heavy atom. The number of benzene rings is 1. The van der Waals surface area contributed by atoms with Crippen LogP contribution in [0.5, 0.6) is 11.5 Å². The Hall–Kier alpha value is -1.80. The summed E-state index contributed by atoms with van der Waals surface area (Å²) >= 11 is 6.56. The van der Waals surface area contributed by atoms with Gasteiger partial charge in [0.25, 0.3) is 11.5 Å². The SMILES string of the molecule is COc1cc(C(=O)Nc2cc(Br)c[nH]c2=O)cc(OC)c1Br. The molecule has 0 fully saturated rings. The molecule has 1 aromatic heterocycles. The van der Waals surface area contributed by atoms with Crippen molar-refractivity contribution in [2.24, 2.45) is 0 Å². The van der Waals surface area contributed by atoms with Crippen molar-refractivity contribution in [2.75, 3.05) is 19.5 Å². The molecule has 0 radical (unpaired) electrons. The van der Waals surface area contributed by atoms with Crippen molar-refractivity contribution in [1.29, 1.82) is 0 Å². The molecule has 2 aromatic rings. The first-order valence-corrected chi connectivity index (χ1v) is 7.66. The van der Waals surface area contributed by atoms with Crippen LogP contribution in [0.15, 0.2) is 38.1 Å². The monoisotopic (exact) mass is 430 g/mol. The molecule has 0 bridgehead atoms. The van der Waals surface area contributed by atoms with Crippen LogP contribution in [0.3, 0.4) is 0 Å². The van der Waals surface area contributed by atoms with Crippen LogP contribution in [0.2, 0.25) is 0 Å². The highest BCUT2D eigenvalue weighted by Gasteiger charge is 2.15. The van der Waals surface area contributed by atoms with E-state index in [9.17, 15) is 9.59 Å². The lowest BCUT2D eigenvalue weighted by atomic mass is 10.2. The number of aromatic amines is 1. The Morgan fingerprint density at radius 3 is 2.27 bits per heavy atom. The van der Waals surface area contributed by atoms with E-state index in [-0.39, 0.29) is 5.69 Å². The highest BCUT2D eigenvalue weighted by atomic mass is 79.9. The van der Waals surface area contributed by atoms with Crippen LogP contribution in [0, 0.1) is 0 Å². The topological polar surface area (TPSA) is 80.4 Å². The first kappa shape index (κ1) is 16.6. The van der Waals surface area contributed by atoms with E-state index in [1.807, 2.05) is 0 Å². The second-order valence-corrected chi connectivity index (χ2v) is 5.92. The number of hydrogen-bond donors (Lipinski definition) is 2. The van der Waals surface area contributed by atoms with E-state index in [0.29, 0.717) is 26.0 Å². The summed E-state index contributed by atoms with van der Waals surface area (Å²) in [5.74, 6) is 0.452. The largest absolute Gasteiger partial charge is 0.495 e. The zero-order valence-corrected chi connectivity index (χ0v) is 14.9. The minimum absolute atomic E-state index is 0.139. The van der Waals surface area contributed by atoms with Crippen molar-refractivity contribution in [1.82, 2.24) is 4.98 Å². The molecule has 0 aliphatic carbocycles. The number of hydrogen-bond acceptors (Lipinski definition) is 4. The summed E-state index contributed by atoms with van der Waals surface area (Å²) in [7, 11) is 2.97. The number of methoxy groups -OCH3 is 2. The van der Waals surface area contributed by atoms with E-state index in [1.165, 1.54) is 26.5 Å². The van der Waals surface area contributed by atoms with Gasteiger partial charge in [0.05, 0.1) is 14.2 Å². The third-order valence-corrected chi connectivity index (χ3v) is 4.06. The standard InChI is InChI=1S/C14H12Br2N2O4/c1-21-10-3-7(4-11(22-2)12(10)16)13(19)18-9-5-8(15)6-17-14(9)20/h3-6H,1-2H3,(H,17,20)(H,18,19). The van der Waals surface area contributed by atoms with Crippen LogP contribution in [0.25, 0.3) is 0 Å². The Balaban J connectivity index is 2.37. The average Bonchev–Trinajstić information content (AvgIpc) is 2.51. The van der Waals surface area contributed by atoms with Gasteiger partial charge in [-0.15, -0.1) is 0 Å². The van der Waals surface area contributed by atoms with Gasteiger partial charge in [0.2, 0.25) is 0 Å². The minimum Gasteiger partial charge on any atom is -0.495 e. The van der Waals surface area contributed by atoms with E-state index in [0.717, 1.165) is 0 Å². The number of carbonyl (C=O) groups excluding carboxylic acids is 1. The van der Waals surface area contributed by atoms with Crippen molar-refractivity contribution in [3.05, 3.63) is 49.3 Å². The summed E-state index contributed by atoms with van der Waals surface area (Å²) in [4.78, 5) is 26.5. The number of ether oxygens (including phenoxy) is 2. The summed E-state index contributed by atoms with van der Waals surface area (Å²) in [6, 6.07) is 4.62. The van der Waals surface area contributed by atoms with Crippen LogP contribution in [-0.4, -0.2) is 25.1 Å². The molecule has 0 spiro atoms. The van der Waals surface area contributed by atoms with Crippen molar-refractivity contribution in [3.63, 3.8) is 0 Å². The van der Waals surface area contributed by atoms with Gasteiger partial charge in [0, 0.05) is 16.2 Å². The maximum atomic E-state index is 12.3. The molecule has 22 heavy (non-hydrogen) atoms. The highest BCUT2D eigenvalue weighted by Crippen LogP contribution is 2.35. The molecule has 116 valence electrons. The Morgan fingerprint density at radius 2 is 1.73 bits per heavy atom. The number of H-pyrrole nitrogens is 1. The fourth-order valence-electron chi connectivity index (χ4n) is 1.75. The number of nitrogens with one attached hydrogen (secondary N) is 2. The number of rotatable bonds is 4. The number of anilines is 1. The summed E-state index contributed by atoms with van der Waals surface area (Å²) in [6.07, 6.45) is 1.49. The Kier molecular flexibility index (Phi) is 5.25. The lowest BCUT2D eigenvalue weighted by Gasteiger charge is -2.11. The van der Waals surface area contributed by atoms with Crippen molar-refractivity contribution < 1.29 is 14.3 Å². The molecule has 1 amide bonds. The number of halogens is 2. The molecular formula is C14H12Br2N2O4. The van der Waals surface area contributed by atoms with Crippen molar-refractivity contribution in [2.45, 2.75) is 0 Å². The molecule has 2 N–H and O–H groups in total. The first-order valence-electron chi connectivity index (χ1n) is 6.07. The maximum absolute atomic E-state index is 12.3. The zero-order valence-electron chi connectivity index (χ0n) is 11.7. The number of aromatic nitrogens is 1. The molecule has 0 aliphatic heterocycles. The lowest BCUT2D eigenvalue weighted by Crippen LogP contribution is -2.19. The molecule has 0 atom stereocenters. The second-order valence-electron chi connectivity index (χ2n) is 4.21. The van der Waals surface area contributed by atoms with Gasteiger partial charge in [-0.1, -0.05) is 0 Å². The fourth-order valence-corrected chi connectivity index (χ4v) is 2.64. The molecule has 0 saturated carbocycles. The van der Waals surface area contributed by atoms with E-state index in [1.54, 1.807) is 12.1 Å². The first-order chi connectivity index (χ1) is 10.5. The van der Waals surface area contributed by atoms with Gasteiger partial charge < -0.3 is 19.8 Å². The van der Waals surface area contributed by atoms with Gasteiger partial charge in [0.1, 0.15) is 21.7 Å². The second kappa shape index (κ2) is 6.97. The van der Waals surface area contributed by atoms with Gasteiger partial charge >= 0.3 is 0 Å². The lowest BCUT2D eigenvalue weighted by molar-refractivity contribution is 0.102. The zero-order chi connectivity index (χ0) is 16.3. The number of amides is 1. The molecule has 2 rings (SSSR count). The summed E-state index contributed by atoms with van der Waals surface area (Å²) in [5.41, 5.74) is 0.0455. The van der Waals surface area contributed by atoms with Crippen LogP contribution in [0.1, 0.15) is 10.4 Å². The highest BCUT2D eigenvalue weighted by molar-refractivity contribution is 9.11. The predicted octanol–water partition coefficient (Wildman–Crippen LogP) is 3.17. The van der Waals surface area contributed by atoms with Crippen molar-refractivity contribution >= 4 is 43.5 Å². The Labute approximate surface area is 143 Å². The molecule has 0 aliphatic rings. The smallest absolute Gasteiger partial charge is 0.271 e. The van der Waals surface area contributed by atoms with Crippen LogP contribution >= 0.6 is 31.9 Å². The molecule has 0 saturated heterocycles. The summed E-state index contributed by atoms with van der Waals surface area (Å²) in [5, 5.41) is 2.55. The van der Waals surface area contributed by atoms with Gasteiger partial charge in [-0.25, -0.2) is 0 Å². The minimum atomic E-state index is -0.451. The normalized spacial score (nSPS) is 10.2. The summed E-state index contributed by atoms with van der Waals surface area (Å²) in [6.45, 7) is 0. The van der Waals surface area contributed by atoms with E-state index in [4.69, 9.17) is 9.47 Å². The van der Waals surface area contributed by atoms with E-state index in [2.05, 4.69) is 42.2 Å². The van der Waals surface area contributed by atoms with Crippen molar-refractivity contribution in [3.8, 4) is 11.5 Å². The third-order valence-electron chi connectivity index (χ3n) is 2.82. The quantitative estimate of drug-likeness (QED) is 0.779. The number of carbonyl (C=O) groups is 1. The summed E-state index contributed by atoms with van der Waals surface area (Å²) < 4.78 is 11.6. The molecule has 6 nitrogen and oxygen atoms in total. The molecule has 1 heterocycles.